The molecule has 0 atom stereocenters. The van der Waals surface area contributed by atoms with Crippen molar-refractivity contribution in [2.24, 2.45) is 0 Å². The summed E-state index contributed by atoms with van der Waals surface area (Å²) in [5.41, 5.74) is 2.10. The third kappa shape index (κ3) is 4.50. The number of amides is 1. The van der Waals surface area contributed by atoms with Gasteiger partial charge < -0.3 is 14.5 Å². The number of nitrogens with zero attached hydrogens (tertiary/aromatic N) is 6. The highest BCUT2D eigenvalue weighted by molar-refractivity contribution is 5.95. The van der Waals surface area contributed by atoms with E-state index in [9.17, 15) is 10.1 Å². The van der Waals surface area contributed by atoms with Crippen LogP contribution in [0.15, 0.2) is 55.0 Å². The third-order valence-corrected chi connectivity index (χ3v) is 5.09. The van der Waals surface area contributed by atoms with Gasteiger partial charge in [0.15, 0.2) is 11.5 Å². The average molecular weight is 424 g/mol. The van der Waals surface area contributed by atoms with Crippen LogP contribution in [0.1, 0.15) is 27.3 Å². The zero-order valence-electron chi connectivity index (χ0n) is 17.5. The Labute approximate surface area is 186 Å². The van der Waals surface area contributed by atoms with E-state index in [1.165, 1.54) is 6.20 Å². The number of aromatic nitrogens is 3. The second-order valence-corrected chi connectivity index (χ2v) is 7.00. The van der Waals surface area contributed by atoms with Gasteiger partial charge in [-0.3, -0.25) is 4.79 Å². The van der Waals surface area contributed by atoms with Gasteiger partial charge in [0.2, 0.25) is 0 Å². The molecule has 0 aliphatic carbocycles. The smallest absolute Gasteiger partial charge is 0.254 e. The normalized spacial score (nSPS) is 13.0. The van der Waals surface area contributed by atoms with Crippen LogP contribution in [-0.4, -0.2) is 59.0 Å². The van der Waals surface area contributed by atoms with Gasteiger partial charge in [0, 0.05) is 50.3 Å². The van der Waals surface area contributed by atoms with E-state index in [1.807, 2.05) is 23.1 Å². The molecule has 0 bridgehead atoms. The number of nitriles is 1. The molecular weight excluding hydrogens is 404 g/mol. The molecule has 0 saturated carbocycles. The topological polar surface area (TPSA) is 95.2 Å². The highest BCUT2D eigenvalue weighted by Gasteiger charge is 2.25. The molecule has 0 radical (unpaired) electrons. The van der Waals surface area contributed by atoms with Crippen molar-refractivity contribution < 1.29 is 9.53 Å². The van der Waals surface area contributed by atoms with E-state index in [0.29, 0.717) is 60.3 Å². The molecule has 1 aliphatic rings. The van der Waals surface area contributed by atoms with E-state index in [-0.39, 0.29) is 5.91 Å². The van der Waals surface area contributed by atoms with Gasteiger partial charge in [-0.05, 0) is 36.3 Å². The van der Waals surface area contributed by atoms with Crippen LogP contribution in [0.5, 0.6) is 5.75 Å². The number of rotatable bonds is 3. The van der Waals surface area contributed by atoms with Crippen molar-refractivity contribution in [3.63, 3.8) is 0 Å². The van der Waals surface area contributed by atoms with Crippen LogP contribution in [0, 0.1) is 23.2 Å². The molecule has 8 heteroatoms. The van der Waals surface area contributed by atoms with E-state index in [2.05, 4.69) is 32.9 Å². The standard InChI is InChI=1S/C24H20N6O2/c1-32-22-8-6-19(16-18(22)5-7-20-4-2-3-9-26-20)24(31)30-14-12-29(13-15-30)23-21(17-25)27-10-11-28-23/h2-4,6,8-11,16H,12-15H2,1H3. The molecule has 1 amide bonds. The van der Waals surface area contributed by atoms with Crippen LogP contribution in [0.2, 0.25) is 0 Å². The van der Waals surface area contributed by atoms with Gasteiger partial charge in [-0.25, -0.2) is 15.0 Å². The highest BCUT2D eigenvalue weighted by atomic mass is 16.5. The summed E-state index contributed by atoms with van der Waals surface area (Å²) in [5.74, 6) is 7.14. The summed E-state index contributed by atoms with van der Waals surface area (Å²) >= 11 is 0. The lowest BCUT2D eigenvalue weighted by molar-refractivity contribution is 0.0746. The fourth-order valence-electron chi connectivity index (χ4n) is 3.45. The Balaban J connectivity index is 1.49. The van der Waals surface area contributed by atoms with Crippen LogP contribution in [-0.2, 0) is 0 Å². The van der Waals surface area contributed by atoms with Gasteiger partial charge in [-0.15, -0.1) is 0 Å². The molecule has 1 fully saturated rings. The summed E-state index contributed by atoms with van der Waals surface area (Å²) < 4.78 is 5.41. The van der Waals surface area contributed by atoms with Gasteiger partial charge in [-0.2, -0.15) is 5.26 Å². The van der Waals surface area contributed by atoms with Gasteiger partial charge >= 0.3 is 0 Å². The van der Waals surface area contributed by atoms with E-state index in [0.717, 1.165) is 0 Å². The van der Waals surface area contributed by atoms with Crippen molar-refractivity contribution in [3.05, 3.63) is 77.5 Å². The number of piperazine rings is 1. The molecule has 3 heterocycles. The molecule has 0 N–H and O–H groups in total. The predicted molar refractivity (Wildman–Crippen MR) is 118 cm³/mol. The number of anilines is 1. The maximum absolute atomic E-state index is 13.1. The van der Waals surface area contributed by atoms with Crippen LogP contribution < -0.4 is 9.64 Å². The summed E-state index contributed by atoms with van der Waals surface area (Å²) in [6, 6.07) is 12.8. The molecule has 4 rings (SSSR count). The third-order valence-electron chi connectivity index (χ3n) is 5.09. The average Bonchev–Trinajstić information content (AvgIpc) is 2.87. The first-order valence-electron chi connectivity index (χ1n) is 10.1. The van der Waals surface area contributed by atoms with Gasteiger partial charge in [-0.1, -0.05) is 12.0 Å². The molecule has 158 valence electrons. The van der Waals surface area contributed by atoms with Crippen LogP contribution in [0.25, 0.3) is 0 Å². The number of benzene rings is 1. The fourth-order valence-corrected chi connectivity index (χ4v) is 3.45. The molecule has 0 unspecified atom stereocenters. The Bertz CT molecular complexity index is 1220. The summed E-state index contributed by atoms with van der Waals surface area (Å²) in [6.07, 6.45) is 4.75. The molecule has 2 aromatic heterocycles. The fraction of sp³-hybridized carbons (Fsp3) is 0.208. The first kappa shape index (κ1) is 20.8. The summed E-state index contributed by atoms with van der Waals surface area (Å²) in [6.45, 7) is 2.17. The number of hydrogen-bond donors (Lipinski definition) is 0. The molecule has 0 spiro atoms. The monoisotopic (exact) mass is 424 g/mol. The van der Waals surface area contributed by atoms with E-state index >= 15 is 0 Å². The summed E-state index contributed by atoms with van der Waals surface area (Å²) in [7, 11) is 1.57. The Kier molecular flexibility index (Phi) is 6.24. The number of pyridine rings is 1. The lowest BCUT2D eigenvalue weighted by atomic mass is 10.1. The maximum atomic E-state index is 13.1. The van der Waals surface area contributed by atoms with Crippen molar-refractivity contribution in [1.82, 2.24) is 19.9 Å². The largest absolute Gasteiger partial charge is 0.495 e. The predicted octanol–water partition coefficient (Wildman–Crippen LogP) is 2.11. The van der Waals surface area contributed by atoms with Crippen LogP contribution >= 0.6 is 0 Å². The maximum Gasteiger partial charge on any atom is 0.254 e. The summed E-state index contributed by atoms with van der Waals surface area (Å²) in [5, 5.41) is 9.25. The van der Waals surface area contributed by atoms with Gasteiger partial charge in [0.25, 0.3) is 5.91 Å². The minimum atomic E-state index is -0.0761. The first-order valence-corrected chi connectivity index (χ1v) is 10.1. The number of hydrogen-bond acceptors (Lipinski definition) is 7. The van der Waals surface area contributed by atoms with Crippen molar-refractivity contribution >= 4 is 11.7 Å². The zero-order valence-corrected chi connectivity index (χ0v) is 17.5. The molecule has 1 aromatic carbocycles. The second kappa shape index (κ2) is 9.59. The van der Waals surface area contributed by atoms with Gasteiger partial charge in [0.05, 0.1) is 12.7 Å². The van der Waals surface area contributed by atoms with E-state index < -0.39 is 0 Å². The lowest BCUT2D eigenvalue weighted by Gasteiger charge is -2.35. The Hall–Kier alpha value is -4.43. The molecule has 32 heavy (non-hydrogen) atoms. The first-order chi connectivity index (χ1) is 15.7. The van der Waals surface area contributed by atoms with Crippen molar-refractivity contribution in [3.8, 4) is 23.7 Å². The van der Waals surface area contributed by atoms with E-state index in [1.54, 1.807) is 42.6 Å². The van der Waals surface area contributed by atoms with Gasteiger partial charge in [0.1, 0.15) is 17.5 Å². The summed E-state index contributed by atoms with van der Waals surface area (Å²) in [4.78, 5) is 29.4. The number of carbonyl (C=O) groups is 1. The zero-order chi connectivity index (χ0) is 22.3. The van der Waals surface area contributed by atoms with Crippen molar-refractivity contribution in [2.45, 2.75) is 0 Å². The number of carbonyl (C=O) groups excluding carboxylic acids is 1. The SMILES string of the molecule is COc1ccc(C(=O)N2CCN(c3nccnc3C#N)CC2)cc1C#Cc1ccccn1. The Morgan fingerprint density at radius 3 is 2.53 bits per heavy atom. The molecular formula is C24H20N6O2. The van der Waals surface area contributed by atoms with E-state index in [4.69, 9.17) is 4.74 Å². The quantitative estimate of drug-likeness (QED) is 0.594. The van der Waals surface area contributed by atoms with Crippen molar-refractivity contribution in [2.75, 3.05) is 38.2 Å². The molecule has 8 nitrogen and oxygen atoms in total. The number of methoxy groups -OCH3 is 1. The van der Waals surface area contributed by atoms with Crippen LogP contribution in [0.4, 0.5) is 5.82 Å². The minimum Gasteiger partial charge on any atom is -0.495 e. The molecule has 1 aliphatic heterocycles. The Morgan fingerprint density at radius 2 is 1.81 bits per heavy atom. The lowest BCUT2D eigenvalue weighted by Crippen LogP contribution is -2.49. The minimum absolute atomic E-state index is 0.0761. The Morgan fingerprint density at radius 1 is 1.00 bits per heavy atom. The molecule has 3 aromatic rings. The second-order valence-electron chi connectivity index (χ2n) is 7.00. The van der Waals surface area contributed by atoms with Crippen LogP contribution in [0.3, 0.4) is 0 Å². The van der Waals surface area contributed by atoms with Crippen molar-refractivity contribution in [1.29, 1.82) is 5.26 Å². The number of ether oxygens (including phenoxy) is 1. The highest BCUT2D eigenvalue weighted by Crippen LogP contribution is 2.22. The molecule has 1 saturated heterocycles.